The molecular formula is C27H23BrF2N6O3. The summed E-state index contributed by atoms with van der Waals surface area (Å²) in [7, 11) is 0. The third-order valence-corrected chi connectivity index (χ3v) is 7.16. The molecule has 0 radical (unpaired) electrons. The number of ketones is 1. The van der Waals surface area contributed by atoms with Crippen molar-refractivity contribution in [1.29, 1.82) is 0 Å². The number of aromatic nitrogens is 4. The molecule has 4 aromatic rings. The lowest BCUT2D eigenvalue weighted by Crippen LogP contribution is -2.44. The van der Waals surface area contributed by atoms with Gasteiger partial charge in [-0.25, -0.2) is 23.7 Å². The summed E-state index contributed by atoms with van der Waals surface area (Å²) in [6.07, 6.45) is 3.43. The average molecular weight is 597 g/mol. The minimum Gasteiger partial charge on any atom is -0.337 e. The number of carbonyl (C=O) groups excluding carboxylic acids is 3. The molecule has 9 nitrogen and oxygen atoms in total. The summed E-state index contributed by atoms with van der Waals surface area (Å²) in [6, 6.07) is 6.83. The van der Waals surface area contributed by atoms with Gasteiger partial charge in [-0.2, -0.15) is 0 Å². The maximum absolute atomic E-state index is 14.4. The first-order valence-corrected chi connectivity index (χ1v) is 12.9. The van der Waals surface area contributed by atoms with Gasteiger partial charge in [-0.3, -0.25) is 14.4 Å². The number of likely N-dealkylation sites (tertiary alicyclic amines) is 1. The van der Waals surface area contributed by atoms with Gasteiger partial charge in [0.1, 0.15) is 35.0 Å². The second-order valence-corrected chi connectivity index (χ2v) is 10.1. The number of amides is 2. The van der Waals surface area contributed by atoms with E-state index in [1.807, 2.05) is 12.1 Å². The Hall–Kier alpha value is -4.06. The number of rotatable bonds is 6. The molecule has 39 heavy (non-hydrogen) atoms. The van der Waals surface area contributed by atoms with Crippen molar-refractivity contribution in [3.63, 3.8) is 0 Å². The maximum atomic E-state index is 14.4. The van der Waals surface area contributed by atoms with Crippen LogP contribution in [0.15, 0.2) is 53.5 Å². The molecule has 1 N–H and O–H groups in total. The van der Waals surface area contributed by atoms with Gasteiger partial charge < -0.3 is 14.8 Å². The monoisotopic (exact) mass is 596 g/mol. The molecule has 3 aromatic heterocycles. The molecule has 1 aliphatic heterocycles. The SMILES string of the molecule is CC(=O)c1cn(CC(=O)N2C[C@H](F)C[C@H]2C(=O)Nc2ccc(F)c(Br)n2)c2ccc(-c3cnc(C)nc3)cc12. The van der Waals surface area contributed by atoms with E-state index in [0.717, 1.165) is 17.2 Å². The third kappa shape index (κ3) is 5.42. The second-order valence-electron chi connectivity index (χ2n) is 9.33. The molecule has 1 saturated heterocycles. The highest BCUT2D eigenvalue weighted by molar-refractivity contribution is 9.10. The van der Waals surface area contributed by atoms with E-state index in [2.05, 4.69) is 36.2 Å². The van der Waals surface area contributed by atoms with Crippen LogP contribution in [0.25, 0.3) is 22.0 Å². The first-order chi connectivity index (χ1) is 18.6. The molecule has 2 atom stereocenters. The van der Waals surface area contributed by atoms with Crippen LogP contribution in [-0.4, -0.2) is 60.8 Å². The van der Waals surface area contributed by atoms with Crippen molar-refractivity contribution < 1.29 is 23.2 Å². The number of Topliss-reactive ketones (excluding diaryl/α,β-unsaturated/α-hetero) is 1. The van der Waals surface area contributed by atoms with Crippen LogP contribution >= 0.6 is 15.9 Å². The number of benzene rings is 1. The molecule has 2 amide bonds. The van der Waals surface area contributed by atoms with Crippen LogP contribution in [0.2, 0.25) is 0 Å². The molecule has 0 saturated carbocycles. The topological polar surface area (TPSA) is 110 Å². The number of hydrogen-bond donors (Lipinski definition) is 1. The van der Waals surface area contributed by atoms with Crippen molar-refractivity contribution in [2.75, 3.05) is 11.9 Å². The number of pyridine rings is 1. The quantitative estimate of drug-likeness (QED) is 0.259. The maximum Gasteiger partial charge on any atom is 0.248 e. The van der Waals surface area contributed by atoms with E-state index in [1.54, 1.807) is 36.1 Å². The molecule has 4 heterocycles. The van der Waals surface area contributed by atoms with E-state index in [4.69, 9.17) is 0 Å². The van der Waals surface area contributed by atoms with Crippen molar-refractivity contribution in [2.24, 2.45) is 0 Å². The number of carbonyl (C=O) groups is 3. The number of alkyl halides is 1. The van der Waals surface area contributed by atoms with Crippen LogP contribution in [0.4, 0.5) is 14.6 Å². The molecule has 0 spiro atoms. The normalized spacial score (nSPS) is 17.0. The standard InChI is InChI=1S/C27H23BrF2N6O3/c1-14(37)20-12-35(22-5-3-16(7-19(20)22)17-9-31-15(2)32-10-17)13-25(38)36-11-18(29)8-23(36)27(39)34-24-6-4-21(30)26(28)33-24/h3-7,9-10,12,18,23H,8,11,13H2,1-2H3,(H,33,34,39)/t18-,23+/m1/s1. The summed E-state index contributed by atoms with van der Waals surface area (Å²) < 4.78 is 29.5. The molecule has 0 unspecified atom stereocenters. The van der Waals surface area contributed by atoms with Crippen LogP contribution in [0, 0.1) is 12.7 Å². The Bertz CT molecular complexity index is 1610. The van der Waals surface area contributed by atoms with E-state index in [9.17, 15) is 23.2 Å². The molecule has 1 aromatic carbocycles. The molecule has 200 valence electrons. The Morgan fingerprint density at radius 2 is 1.87 bits per heavy atom. The van der Waals surface area contributed by atoms with Gasteiger partial charge >= 0.3 is 0 Å². The summed E-state index contributed by atoms with van der Waals surface area (Å²) in [5.74, 6) is -1.17. The number of hydrogen-bond acceptors (Lipinski definition) is 6. The van der Waals surface area contributed by atoms with E-state index in [0.29, 0.717) is 22.3 Å². The number of aryl methyl sites for hydroxylation is 1. The summed E-state index contributed by atoms with van der Waals surface area (Å²) in [5, 5.41) is 3.18. The van der Waals surface area contributed by atoms with Gasteiger partial charge in [0.25, 0.3) is 0 Å². The number of halogens is 3. The van der Waals surface area contributed by atoms with E-state index in [1.165, 1.54) is 17.9 Å². The van der Waals surface area contributed by atoms with Crippen LogP contribution in [0.5, 0.6) is 0 Å². The molecule has 5 rings (SSSR count). The summed E-state index contributed by atoms with van der Waals surface area (Å²) in [6.45, 7) is 2.79. The lowest BCUT2D eigenvalue weighted by Gasteiger charge is -2.24. The van der Waals surface area contributed by atoms with E-state index < -0.39 is 29.8 Å². The average Bonchev–Trinajstić information content (AvgIpc) is 3.47. The predicted octanol–water partition coefficient (Wildman–Crippen LogP) is 4.48. The Morgan fingerprint density at radius 1 is 1.13 bits per heavy atom. The minimum absolute atomic E-state index is 0.0697. The van der Waals surface area contributed by atoms with Crippen molar-refractivity contribution in [3.8, 4) is 11.1 Å². The molecule has 1 aliphatic rings. The zero-order chi connectivity index (χ0) is 27.8. The molecule has 0 bridgehead atoms. The summed E-state index contributed by atoms with van der Waals surface area (Å²) >= 11 is 2.96. The van der Waals surface area contributed by atoms with Gasteiger partial charge in [0.05, 0.1) is 6.54 Å². The highest BCUT2D eigenvalue weighted by Gasteiger charge is 2.40. The number of nitrogens with one attached hydrogen (secondary N) is 1. The van der Waals surface area contributed by atoms with E-state index >= 15 is 0 Å². The van der Waals surface area contributed by atoms with Crippen LogP contribution in [0.3, 0.4) is 0 Å². The van der Waals surface area contributed by atoms with E-state index in [-0.39, 0.29) is 35.7 Å². The van der Waals surface area contributed by atoms with Crippen molar-refractivity contribution >= 4 is 50.2 Å². The first-order valence-electron chi connectivity index (χ1n) is 12.1. The van der Waals surface area contributed by atoms with Gasteiger partial charge in [0.15, 0.2) is 11.6 Å². The van der Waals surface area contributed by atoms with Gasteiger partial charge in [0, 0.05) is 47.0 Å². The van der Waals surface area contributed by atoms with Crippen LogP contribution in [-0.2, 0) is 16.1 Å². The minimum atomic E-state index is -1.38. The Balaban J connectivity index is 1.40. The fourth-order valence-corrected chi connectivity index (χ4v) is 4.99. The van der Waals surface area contributed by atoms with Gasteiger partial charge in [-0.05, 0) is 59.6 Å². The smallest absolute Gasteiger partial charge is 0.248 e. The number of fused-ring (bicyclic) bond motifs is 1. The van der Waals surface area contributed by atoms with Gasteiger partial charge in [-0.15, -0.1) is 0 Å². The largest absolute Gasteiger partial charge is 0.337 e. The Kier molecular flexibility index (Phi) is 7.21. The van der Waals surface area contributed by atoms with Crippen molar-refractivity contribution in [1.82, 2.24) is 24.4 Å². The third-order valence-electron chi connectivity index (χ3n) is 6.61. The van der Waals surface area contributed by atoms with Crippen LogP contribution < -0.4 is 5.32 Å². The predicted molar refractivity (Wildman–Crippen MR) is 143 cm³/mol. The fraction of sp³-hybridized carbons (Fsp3) is 0.259. The zero-order valence-corrected chi connectivity index (χ0v) is 22.6. The second kappa shape index (κ2) is 10.6. The fourth-order valence-electron chi connectivity index (χ4n) is 4.67. The first kappa shape index (κ1) is 26.5. The summed E-state index contributed by atoms with van der Waals surface area (Å²) in [5.41, 5.74) is 2.66. The number of anilines is 1. The lowest BCUT2D eigenvalue weighted by atomic mass is 10.0. The summed E-state index contributed by atoms with van der Waals surface area (Å²) in [4.78, 5) is 52.3. The zero-order valence-electron chi connectivity index (χ0n) is 21.0. The molecule has 0 aliphatic carbocycles. The van der Waals surface area contributed by atoms with Gasteiger partial charge in [0.2, 0.25) is 11.8 Å². The lowest BCUT2D eigenvalue weighted by molar-refractivity contribution is -0.137. The van der Waals surface area contributed by atoms with Crippen LogP contribution in [0.1, 0.15) is 29.5 Å². The van der Waals surface area contributed by atoms with Gasteiger partial charge in [-0.1, -0.05) is 6.07 Å². The molecule has 12 heteroatoms. The highest BCUT2D eigenvalue weighted by atomic mass is 79.9. The Labute approximate surface area is 230 Å². The molecule has 1 fully saturated rings. The number of nitrogens with zero attached hydrogens (tertiary/aromatic N) is 5. The highest BCUT2D eigenvalue weighted by Crippen LogP contribution is 2.29. The van der Waals surface area contributed by atoms with Crippen molar-refractivity contribution in [3.05, 3.63) is 70.7 Å². The Morgan fingerprint density at radius 3 is 2.56 bits per heavy atom. The molecular weight excluding hydrogens is 574 g/mol. The van der Waals surface area contributed by atoms with Crippen molar-refractivity contribution in [2.45, 2.75) is 39.0 Å².